The maximum absolute atomic E-state index is 12.2. The molecule has 7 nitrogen and oxygen atoms in total. The smallest absolute Gasteiger partial charge is 0.355 e. The second-order valence-electron chi connectivity index (χ2n) is 4.82. The highest BCUT2D eigenvalue weighted by Crippen LogP contribution is 2.27. The quantitative estimate of drug-likeness (QED) is 0.755. The van der Waals surface area contributed by atoms with E-state index in [1.165, 1.54) is 14.2 Å². The number of hydrogen-bond acceptors (Lipinski definition) is 7. The molecule has 7 heteroatoms. The van der Waals surface area contributed by atoms with Crippen LogP contribution in [0.3, 0.4) is 0 Å². The zero-order valence-electron chi connectivity index (χ0n) is 13.3. The van der Waals surface area contributed by atoms with Crippen molar-refractivity contribution < 1.29 is 28.5 Å². The van der Waals surface area contributed by atoms with Gasteiger partial charge in [-0.1, -0.05) is 12.1 Å². The number of carbonyl (C=O) groups excluding carboxylic acids is 2. The molecule has 0 saturated heterocycles. The Bertz CT molecular complexity index is 625. The van der Waals surface area contributed by atoms with Crippen molar-refractivity contribution in [3.8, 4) is 0 Å². The van der Waals surface area contributed by atoms with E-state index in [9.17, 15) is 9.59 Å². The molecule has 0 unspecified atom stereocenters. The summed E-state index contributed by atoms with van der Waals surface area (Å²) in [6.07, 6.45) is 0. The van der Waals surface area contributed by atoms with Gasteiger partial charge in [0, 0.05) is 12.8 Å². The van der Waals surface area contributed by atoms with Gasteiger partial charge < -0.3 is 23.8 Å². The molecule has 0 aromatic heterocycles. The summed E-state index contributed by atoms with van der Waals surface area (Å²) >= 11 is 0. The first-order chi connectivity index (χ1) is 11.1. The van der Waals surface area contributed by atoms with Crippen molar-refractivity contribution in [2.24, 2.45) is 0 Å². The molecule has 0 N–H and O–H groups in total. The van der Waals surface area contributed by atoms with Crippen molar-refractivity contribution in [2.75, 3.05) is 39.6 Å². The molecule has 1 aliphatic heterocycles. The van der Waals surface area contributed by atoms with Gasteiger partial charge in [-0.2, -0.15) is 0 Å². The largest absolute Gasteiger partial charge is 0.466 e. The van der Waals surface area contributed by atoms with Crippen LogP contribution in [0.25, 0.3) is 0 Å². The maximum atomic E-state index is 12.2. The molecule has 1 aromatic rings. The van der Waals surface area contributed by atoms with Crippen molar-refractivity contribution in [1.82, 2.24) is 0 Å². The number of nitrogens with zero attached hydrogens (tertiary/aromatic N) is 1. The molecular formula is C16H19NO6. The summed E-state index contributed by atoms with van der Waals surface area (Å²) in [4.78, 5) is 25.7. The highest BCUT2D eigenvalue weighted by atomic mass is 16.5. The van der Waals surface area contributed by atoms with Gasteiger partial charge in [0.2, 0.25) is 0 Å². The van der Waals surface area contributed by atoms with Crippen LogP contribution in [0.1, 0.15) is 5.56 Å². The van der Waals surface area contributed by atoms with Gasteiger partial charge in [-0.05, 0) is 17.7 Å². The Hall–Kier alpha value is -2.38. The molecule has 0 saturated carbocycles. The second-order valence-corrected chi connectivity index (χ2v) is 4.82. The molecule has 0 spiro atoms. The fourth-order valence-corrected chi connectivity index (χ4v) is 2.33. The lowest BCUT2D eigenvalue weighted by atomic mass is 10.1. The van der Waals surface area contributed by atoms with Crippen molar-refractivity contribution in [2.45, 2.75) is 6.61 Å². The van der Waals surface area contributed by atoms with Gasteiger partial charge in [0.05, 0.1) is 33.0 Å². The van der Waals surface area contributed by atoms with E-state index < -0.39 is 11.9 Å². The van der Waals surface area contributed by atoms with Crippen LogP contribution in [-0.2, 0) is 35.1 Å². The molecule has 124 valence electrons. The van der Waals surface area contributed by atoms with Crippen molar-refractivity contribution in [3.63, 3.8) is 0 Å². The third-order valence-electron chi connectivity index (χ3n) is 3.37. The number of carbonyl (C=O) groups is 2. The van der Waals surface area contributed by atoms with Gasteiger partial charge in [0.1, 0.15) is 12.4 Å². The molecule has 1 aliphatic rings. The lowest BCUT2D eigenvalue weighted by molar-refractivity contribution is -0.140. The molecule has 1 aromatic carbocycles. The van der Waals surface area contributed by atoms with Crippen molar-refractivity contribution in [3.05, 3.63) is 41.1 Å². The van der Waals surface area contributed by atoms with E-state index in [4.69, 9.17) is 18.9 Å². The van der Waals surface area contributed by atoms with Crippen LogP contribution in [0.15, 0.2) is 35.5 Å². The first kappa shape index (κ1) is 17.0. The number of anilines is 1. The van der Waals surface area contributed by atoms with Gasteiger partial charge >= 0.3 is 11.9 Å². The second kappa shape index (κ2) is 7.75. The summed E-state index contributed by atoms with van der Waals surface area (Å²) in [6, 6.07) is 7.41. The van der Waals surface area contributed by atoms with Crippen molar-refractivity contribution >= 4 is 17.6 Å². The van der Waals surface area contributed by atoms with E-state index in [-0.39, 0.29) is 24.6 Å². The highest BCUT2D eigenvalue weighted by molar-refractivity contribution is 6.03. The van der Waals surface area contributed by atoms with Crippen molar-refractivity contribution in [1.29, 1.82) is 0 Å². The summed E-state index contributed by atoms with van der Waals surface area (Å²) in [7, 11) is 4.12. The summed E-state index contributed by atoms with van der Waals surface area (Å²) in [6.45, 7) is 0.552. The number of esters is 2. The number of ether oxygens (including phenoxy) is 4. The Labute approximate surface area is 134 Å². The van der Waals surface area contributed by atoms with Crippen LogP contribution in [0.2, 0.25) is 0 Å². The molecule has 0 amide bonds. The van der Waals surface area contributed by atoms with Crippen LogP contribution in [0.5, 0.6) is 0 Å². The van der Waals surface area contributed by atoms with Crippen LogP contribution >= 0.6 is 0 Å². The van der Waals surface area contributed by atoms with E-state index >= 15 is 0 Å². The Balaban J connectivity index is 2.48. The van der Waals surface area contributed by atoms with Gasteiger partial charge in [-0.3, -0.25) is 0 Å². The van der Waals surface area contributed by atoms with E-state index in [1.807, 2.05) is 24.3 Å². The minimum Gasteiger partial charge on any atom is -0.466 e. The van der Waals surface area contributed by atoms with Crippen LogP contribution < -0.4 is 4.90 Å². The predicted octanol–water partition coefficient (Wildman–Crippen LogP) is 1.23. The molecule has 1 heterocycles. The summed E-state index contributed by atoms with van der Waals surface area (Å²) in [5.74, 6) is -1.24. The monoisotopic (exact) mass is 321 g/mol. The van der Waals surface area contributed by atoms with E-state index in [2.05, 4.69) is 0 Å². The third kappa shape index (κ3) is 3.69. The molecule has 0 atom stereocenters. The Morgan fingerprint density at radius 3 is 2.57 bits per heavy atom. The minimum atomic E-state index is -0.622. The summed E-state index contributed by atoms with van der Waals surface area (Å²) < 4.78 is 20.1. The Morgan fingerprint density at radius 1 is 1.17 bits per heavy atom. The number of methoxy groups -OCH3 is 3. The molecule has 0 aliphatic carbocycles. The van der Waals surface area contributed by atoms with Gasteiger partial charge in [-0.25, -0.2) is 9.59 Å². The van der Waals surface area contributed by atoms with Crippen LogP contribution in [0, 0.1) is 0 Å². The Morgan fingerprint density at radius 2 is 1.91 bits per heavy atom. The summed E-state index contributed by atoms with van der Waals surface area (Å²) in [5.41, 5.74) is 1.88. The van der Waals surface area contributed by atoms with Gasteiger partial charge in [-0.15, -0.1) is 0 Å². The average molecular weight is 321 g/mol. The molecule has 0 bridgehead atoms. The van der Waals surface area contributed by atoms with E-state index in [1.54, 1.807) is 12.0 Å². The Kier molecular flexibility index (Phi) is 5.72. The third-order valence-corrected chi connectivity index (χ3v) is 3.37. The predicted molar refractivity (Wildman–Crippen MR) is 81.5 cm³/mol. The molecule has 23 heavy (non-hydrogen) atoms. The zero-order chi connectivity index (χ0) is 16.8. The SMILES string of the molecule is COCc1cccc(N2COCC(C(=O)OC)=C2C(=O)OC)c1. The number of rotatable bonds is 5. The van der Waals surface area contributed by atoms with E-state index in [0.29, 0.717) is 12.3 Å². The molecule has 2 rings (SSSR count). The topological polar surface area (TPSA) is 74.3 Å². The average Bonchev–Trinajstić information content (AvgIpc) is 2.60. The number of hydrogen-bond donors (Lipinski definition) is 0. The first-order valence-corrected chi connectivity index (χ1v) is 6.95. The zero-order valence-corrected chi connectivity index (χ0v) is 13.3. The standard InChI is InChI=1S/C16H19NO6/c1-20-8-11-5-4-6-12(7-11)17-10-23-9-13(15(18)21-2)14(17)16(19)22-3/h4-7H,8-10H2,1-3H3. The fourth-order valence-electron chi connectivity index (χ4n) is 2.33. The fraction of sp³-hybridized carbons (Fsp3) is 0.375. The lowest BCUT2D eigenvalue weighted by Gasteiger charge is -2.31. The first-order valence-electron chi connectivity index (χ1n) is 6.95. The number of benzene rings is 1. The normalized spacial score (nSPS) is 14.7. The highest BCUT2D eigenvalue weighted by Gasteiger charge is 2.32. The van der Waals surface area contributed by atoms with Gasteiger partial charge in [0.15, 0.2) is 0 Å². The van der Waals surface area contributed by atoms with Gasteiger partial charge in [0.25, 0.3) is 0 Å². The van der Waals surface area contributed by atoms with Crippen LogP contribution in [-0.4, -0.2) is 46.6 Å². The summed E-state index contributed by atoms with van der Waals surface area (Å²) in [5, 5.41) is 0. The molecule has 0 radical (unpaired) electrons. The van der Waals surface area contributed by atoms with E-state index in [0.717, 1.165) is 5.56 Å². The molecular weight excluding hydrogens is 302 g/mol. The lowest BCUT2D eigenvalue weighted by Crippen LogP contribution is -2.38. The minimum absolute atomic E-state index is 0.00856. The molecule has 0 fully saturated rings. The van der Waals surface area contributed by atoms with Crippen LogP contribution in [0.4, 0.5) is 5.69 Å². The maximum Gasteiger partial charge on any atom is 0.355 e.